The topological polar surface area (TPSA) is 52.5 Å². The van der Waals surface area contributed by atoms with E-state index >= 15 is 0 Å². The van der Waals surface area contributed by atoms with Gasteiger partial charge < -0.3 is 4.74 Å². The van der Waals surface area contributed by atoms with Crippen molar-refractivity contribution in [1.29, 1.82) is 0 Å². The fourth-order valence-corrected chi connectivity index (χ4v) is 1.46. The van der Waals surface area contributed by atoms with Crippen molar-refractivity contribution in [3.05, 3.63) is 53.7 Å². The van der Waals surface area contributed by atoms with E-state index in [-0.39, 0.29) is 12.5 Å². The fraction of sp³-hybridized carbons (Fsp3) is 0.0769. The Morgan fingerprint density at radius 3 is 2.67 bits per heavy atom. The second-order valence-corrected chi connectivity index (χ2v) is 4.00. The maximum atomic E-state index is 11.6. The number of aromatic amines is 1. The molecule has 0 aliphatic heterocycles. The van der Waals surface area contributed by atoms with E-state index in [4.69, 9.17) is 16.3 Å². The van der Waals surface area contributed by atoms with Gasteiger partial charge in [-0.2, -0.15) is 0 Å². The fourth-order valence-electron chi connectivity index (χ4n) is 1.34. The van der Waals surface area contributed by atoms with E-state index in [0.29, 0.717) is 16.6 Å². The molecule has 92 valence electrons. The van der Waals surface area contributed by atoms with Crippen molar-refractivity contribution >= 4 is 23.3 Å². The van der Waals surface area contributed by atoms with Crippen LogP contribution >= 0.6 is 11.6 Å². The number of pyridine rings is 1. The van der Waals surface area contributed by atoms with Crippen molar-refractivity contribution in [2.75, 3.05) is 11.9 Å². The highest BCUT2D eigenvalue weighted by Crippen LogP contribution is 2.15. The summed E-state index contributed by atoms with van der Waals surface area (Å²) in [7, 11) is 0. The lowest BCUT2D eigenvalue weighted by Gasteiger charge is -2.03. The van der Waals surface area contributed by atoms with Gasteiger partial charge in [-0.15, -0.1) is 0 Å². The molecule has 0 bridgehead atoms. The summed E-state index contributed by atoms with van der Waals surface area (Å²) in [5, 5.41) is 3.31. The highest BCUT2D eigenvalue weighted by Gasteiger charge is 2.09. The van der Waals surface area contributed by atoms with Gasteiger partial charge in [-0.25, -0.2) is 15.1 Å². The Bertz CT molecular complexity index is 514. The second kappa shape index (κ2) is 6.02. The van der Waals surface area contributed by atoms with Gasteiger partial charge in [-0.1, -0.05) is 17.7 Å². The first-order valence-corrected chi connectivity index (χ1v) is 5.77. The Hall–Kier alpha value is -2.07. The van der Waals surface area contributed by atoms with Crippen LogP contribution in [0.25, 0.3) is 0 Å². The molecule has 1 aromatic heterocycles. The minimum Gasteiger partial charge on any atom is -0.481 e. The molecular formula is C13H12ClN2O2+. The number of H-pyrrole nitrogens is 1. The van der Waals surface area contributed by atoms with E-state index in [1.165, 1.54) is 0 Å². The summed E-state index contributed by atoms with van der Waals surface area (Å²) in [5.74, 6) is 1.00. The van der Waals surface area contributed by atoms with Gasteiger partial charge in [0.2, 0.25) is 0 Å². The van der Waals surface area contributed by atoms with Crippen molar-refractivity contribution < 1.29 is 14.5 Å². The first-order valence-electron chi connectivity index (χ1n) is 5.39. The molecule has 0 saturated carbocycles. The molecule has 2 aromatic rings. The lowest BCUT2D eigenvalue weighted by Crippen LogP contribution is -2.24. The quantitative estimate of drug-likeness (QED) is 0.919. The Labute approximate surface area is 110 Å². The molecule has 0 fully saturated rings. The largest absolute Gasteiger partial charge is 0.481 e. The SMILES string of the molecule is O=C(COc1ccc(Cl)cc1)Nc1cccc[nH+]1. The molecule has 0 unspecified atom stereocenters. The average molecular weight is 264 g/mol. The number of amides is 1. The Morgan fingerprint density at radius 1 is 1.22 bits per heavy atom. The summed E-state index contributed by atoms with van der Waals surface area (Å²) in [5.41, 5.74) is 0. The molecule has 1 aromatic carbocycles. The number of nitrogens with one attached hydrogen (secondary N) is 2. The smallest absolute Gasteiger partial charge is 0.345 e. The normalized spacial score (nSPS) is 9.83. The molecule has 2 rings (SSSR count). The van der Waals surface area contributed by atoms with Gasteiger partial charge in [0.25, 0.3) is 5.82 Å². The molecule has 0 atom stereocenters. The van der Waals surface area contributed by atoms with E-state index in [9.17, 15) is 4.79 Å². The van der Waals surface area contributed by atoms with Crippen LogP contribution in [-0.4, -0.2) is 12.5 Å². The number of halogens is 1. The van der Waals surface area contributed by atoms with Crippen molar-refractivity contribution in [2.24, 2.45) is 0 Å². The third-order valence-electron chi connectivity index (χ3n) is 2.17. The second-order valence-electron chi connectivity index (χ2n) is 3.57. The van der Waals surface area contributed by atoms with E-state index in [0.717, 1.165) is 0 Å². The monoisotopic (exact) mass is 263 g/mol. The predicted octanol–water partition coefficient (Wildman–Crippen LogP) is 2.17. The van der Waals surface area contributed by atoms with Crippen molar-refractivity contribution in [1.82, 2.24) is 0 Å². The van der Waals surface area contributed by atoms with Gasteiger partial charge >= 0.3 is 5.91 Å². The van der Waals surface area contributed by atoms with Gasteiger partial charge in [-0.05, 0) is 30.3 Å². The summed E-state index contributed by atoms with van der Waals surface area (Å²) in [6.45, 7) is -0.0512. The van der Waals surface area contributed by atoms with Crippen LogP contribution in [0, 0.1) is 0 Å². The maximum Gasteiger partial charge on any atom is 0.345 e. The molecule has 4 nitrogen and oxygen atoms in total. The van der Waals surface area contributed by atoms with Crippen molar-refractivity contribution in [2.45, 2.75) is 0 Å². The van der Waals surface area contributed by atoms with Crippen LogP contribution in [0.5, 0.6) is 5.75 Å². The molecule has 1 heterocycles. The number of rotatable bonds is 4. The standard InChI is InChI=1S/C13H11ClN2O2/c14-10-4-6-11(7-5-10)18-9-13(17)16-12-3-1-2-8-15-12/h1-8H,9H2,(H,15,16,17)/p+1. The number of aromatic nitrogens is 1. The summed E-state index contributed by atoms with van der Waals surface area (Å²) in [4.78, 5) is 14.5. The highest BCUT2D eigenvalue weighted by atomic mass is 35.5. The van der Waals surface area contributed by atoms with E-state index in [2.05, 4.69) is 10.3 Å². The molecular weight excluding hydrogens is 252 g/mol. The third-order valence-corrected chi connectivity index (χ3v) is 2.42. The van der Waals surface area contributed by atoms with E-state index in [1.807, 2.05) is 12.1 Å². The lowest BCUT2D eigenvalue weighted by molar-refractivity contribution is -0.360. The van der Waals surface area contributed by atoms with Crippen molar-refractivity contribution in [3.63, 3.8) is 0 Å². The summed E-state index contributed by atoms with van der Waals surface area (Å²) >= 11 is 5.74. The zero-order chi connectivity index (χ0) is 12.8. The van der Waals surface area contributed by atoms with Crippen LogP contribution in [0.1, 0.15) is 0 Å². The highest BCUT2D eigenvalue weighted by molar-refractivity contribution is 6.30. The minimum atomic E-state index is -0.229. The Balaban J connectivity index is 1.83. The van der Waals surface area contributed by atoms with Crippen LogP contribution in [0.2, 0.25) is 5.02 Å². The molecule has 1 amide bonds. The van der Waals surface area contributed by atoms with Gasteiger partial charge in [0.15, 0.2) is 6.61 Å². The molecule has 18 heavy (non-hydrogen) atoms. The summed E-state index contributed by atoms with van der Waals surface area (Å²) in [6.07, 6.45) is 1.73. The molecule has 0 radical (unpaired) electrons. The molecule has 5 heteroatoms. The Kier molecular flexibility index (Phi) is 4.15. The average Bonchev–Trinajstić information content (AvgIpc) is 2.39. The summed E-state index contributed by atoms with van der Waals surface area (Å²) < 4.78 is 5.31. The van der Waals surface area contributed by atoms with E-state index in [1.54, 1.807) is 36.5 Å². The molecule has 0 aliphatic rings. The van der Waals surface area contributed by atoms with Crippen LogP contribution in [-0.2, 0) is 4.79 Å². The zero-order valence-corrected chi connectivity index (χ0v) is 10.3. The van der Waals surface area contributed by atoms with Crippen LogP contribution in [0.4, 0.5) is 5.82 Å². The van der Waals surface area contributed by atoms with E-state index < -0.39 is 0 Å². The number of carbonyl (C=O) groups excluding carboxylic acids is 1. The first kappa shape index (κ1) is 12.4. The number of benzene rings is 1. The number of anilines is 1. The van der Waals surface area contributed by atoms with Crippen LogP contribution in [0.3, 0.4) is 0 Å². The van der Waals surface area contributed by atoms with Gasteiger partial charge in [0.1, 0.15) is 5.75 Å². The number of carbonyl (C=O) groups is 1. The maximum absolute atomic E-state index is 11.6. The van der Waals surface area contributed by atoms with Gasteiger partial charge in [0.05, 0.1) is 6.20 Å². The minimum absolute atomic E-state index is 0.0512. The van der Waals surface area contributed by atoms with Gasteiger partial charge in [-0.3, -0.25) is 0 Å². The van der Waals surface area contributed by atoms with Gasteiger partial charge in [0, 0.05) is 11.1 Å². The molecule has 0 saturated heterocycles. The molecule has 0 spiro atoms. The number of hydrogen-bond donors (Lipinski definition) is 1. The lowest BCUT2D eigenvalue weighted by atomic mass is 10.3. The number of ether oxygens (including phenoxy) is 1. The Morgan fingerprint density at radius 2 is 2.00 bits per heavy atom. The zero-order valence-electron chi connectivity index (χ0n) is 9.52. The molecule has 0 aliphatic carbocycles. The van der Waals surface area contributed by atoms with Crippen LogP contribution in [0.15, 0.2) is 48.7 Å². The molecule has 2 N–H and O–H groups in total. The predicted molar refractivity (Wildman–Crippen MR) is 68.6 cm³/mol. The third kappa shape index (κ3) is 3.75. The van der Waals surface area contributed by atoms with Crippen molar-refractivity contribution in [3.8, 4) is 5.75 Å². The number of hydrogen-bond acceptors (Lipinski definition) is 2. The van der Waals surface area contributed by atoms with Crippen LogP contribution < -0.4 is 15.0 Å². The summed E-state index contributed by atoms with van der Waals surface area (Å²) in [6, 6.07) is 12.3. The first-order chi connectivity index (χ1) is 8.74.